The van der Waals surface area contributed by atoms with E-state index in [0.29, 0.717) is 12.1 Å². The van der Waals surface area contributed by atoms with Gasteiger partial charge in [-0.25, -0.2) is 0 Å². The van der Waals surface area contributed by atoms with Gasteiger partial charge in [-0.3, -0.25) is 0 Å². The second-order valence-corrected chi connectivity index (χ2v) is 5.22. The maximum Gasteiger partial charge on any atom is 0.119 e. The highest BCUT2D eigenvalue weighted by atomic mass is 16.5. The summed E-state index contributed by atoms with van der Waals surface area (Å²) in [4.78, 5) is 0. The van der Waals surface area contributed by atoms with Crippen molar-refractivity contribution in [3.8, 4) is 5.75 Å². The average Bonchev–Trinajstić information content (AvgIpc) is 2.46. The monoisotopic (exact) mass is 273 g/mol. The molecule has 0 aliphatic carbocycles. The third kappa shape index (κ3) is 3.50. The molecule has 0 aliphatic heterocycles. The van der Waals surface area contributed by atoms with Crippen molar-refractivity contribution in [3.05, 3.63) is 42.0 Å². The van der Waals surface area contributed by atoms with E-state index in [4.69, 9.17) is 9.47 Å². The quantitative estimate of drug-likeness (QED) is 0.873. The molecule has 108 valence electrons. The van der Waals surface area contributed by atoms with Crippen LogP contribution in [0.2, 0.25) is 0 Å². The molecule has 20 heavy (non-hydrogen) atoms. The molecule has 0 fully saturated rings. The maximum atomic E-state index is 5.25. The lowest BCUT2D eigenvalue weighted by Crippen LogP contribution is -2.32. The van der Waals surface area contributed by atoms with Gasteiger partial charge < -0.3 is 14.8 Å². The summed E-state index contributed by atoms with van der Waals surface area (Å²) >= 11 is 0. The van der Waals surface area contributed by atoms with Gasteiger partial charge in [0.2, 0.25) is 0 Å². The minimum atomic E-state index is 0.298. The molecular weight excluding hydrogens is 250 g/mol. The van der Waals surface area contributed by atoms with Crippen LogP contribution in [-0.2, 0) is 4.74 Å². The summed E-state index contributed by atoms with van der Waals surface area (Å²) in [6.07, 6.45) is 0. The van der Waals surface area contributed by atoms with Crippen LogP contribution in [0.1, 0.15) is 25.5 Å². The molecule has 3 heteroatoms. The Bertz CT molecular complexity index is 568. The summed E-state index contributed by atoms with van der Waals surface area (Å²) in [6.45, 7) is 5.03. The molecule has 2 unspecified atom stereocenters. The molecule has 0 saturated carbocycles. The highest BCUT2D eigenvalue weighted by Crippen LogP contribution is 2.24. The first-order chi connectivity index (χ1) is 9.63. The van der Waals surface area contributed by atoms with E-state index >= 15 is 0 Å². The first kappa shape index (κ1) is 14.8. The van der Waals surface area contributed by atoms with Gasteiger partial charge in [-0.15, -0.1) is 0 Å². The van der Waals surface area contributed by atoms with Crippen molar-refractivity contribution in [2.24, 2.45) is 0 Å². The van der Waals surface area contributed by atoms with Crippen LogP contribution in [0.5, 0.6) is 5.75 Å². The molecular formula is C17H23NO2. The molecule has 0 heterocycles. The molecule has 1 N–H and O–H groups in total. The van der Waals surface area contributed by atoms with Crippen LogP contribution >= 0.6 is 0 Å². The smallest absolute Gasteiger partial charge is 0.119 e. The zero-order valence-corrected chi connectivity index (χ0v) is 12.6. The van der Waals surface area contributed by atoms with Crippen molar-refractivity contribution in [1.29, 1.82) is 0 Å². The molecule has 3 nitrogen and oxygen atoms in total. The Balaban J connectivity index is 2.18. The van der Waals surface area contributed by atoms with E-state index in [2.05, 4.69) is 49.5 Å². The zero-order valence-electron chi connectivity index (χ0n) is 12.6. The molecule has 0 aromatic heterocycles. The molecule has 0 aliphatic rings. The Morgan fingerprint density at radius 2 is 1.70 bits per heavy atom. The lowest BCUT2D eigenvalue weighted by atomic mass is 10.0. The third-order valence-corrected chi connectivity index (χ3v) is 3.52. The summed E-state index contributed by atoms with van der Waals surface area (Å²) in [5.74, 6) is 0.894. The van der Waals surface area contributed by atoms with Gasteiger partial charge in [0.15, 0.2) is 0 Å². The predicted molar refractivity (Wildman–Crippen MR) is 83.4 cm³/mol. The first-order valence-corrected chi connectivity index (χ1v) is 6.96. The van der Waals surface area contributed by atoms with Crippen molar-refractivity contribution in [2.75, 3.05) is 20.8 Å². The standard InChI is InChI=1S/C17H23NO2/c1-12(11-19-3)18-13(2)14-5-6-16-10-17(20-4)8-7-15(16)9-14/h5-10,12-13,18H,11H2,1-4H3. The largest absolute Gasteiger partial charge is 0.497 e. The van der Waals surface area contributed by atoms with Crippen LogP contribution in [0.15, 0.2) is 36.4 Å². The fourth-order valence-electron chi connectivity index (χ4n) is 2.46. The number of hydrogen-bond acceptors (Lipinski definition) is 3. The topological polar surface area (TPSA) is 30.5 Å². The van der Waals surface area contributed by atoms with Crippen LogP contribution in [-0.4, -0.2) is 26.9 Å². The maximum absolute atomic E-state index is 5.25. The zero-order chi connectivity index (χ0) is 14.5. The van der Waals surface area contributed by atoms with E-state index in [9.17, 15) is 0 Å². The first-order valence-electron chi connectivity index (χ1n) is 6.96. The van der Waals surface area contributed by atoms with Gasteiger partial charge in [0.1, 0.15) is 5.75 Å². The molecule has 2 rings (SSSR count). The minimum absolute atomic E-state index is 0.298. The van der Waals surface area contributed by atoms with Crippen molar-refractivity contribution < 1.29 is 9.47 Å². The summed E-state index contributed by atoms with van der Waals surface area (Å²) in [5.41, 5.74) is 1.28. The van der Waals surface area contributed by atoms with Gasteiger partial charge in [0, 0.05) is 19.2 Å². The Labute approximate surface area is 120 Å². The number of hydrogen-bond donors (Lipinski definition) is 1. The Morgan fingerprint density at radius 3 is 2.40 bits per heavy atom. The van der Waals surface area contributed by atoms with E-state index < -0.39 is 0 Å². The molecule has 0 radical (unpaired) electrons. The fourth-order valence-corrected chi connectivity index (χ4v) is 2.46. The van der Waals surface area contributed by atoms with Crippen LogP contribution in [0.25, 0.3) is 10.8 Å². The van der Waals surface area contributed by atoms with E-state index in [1.54, 1.807) is 14.2 Å². The summed E-state index contributed by atoms with van der Waals surface area (Å²) in [5, 5.41) is 5.97. The number of nitrogens with one attached hydrogen (secondary N) is 1. The number of methoxy groups -OCH3 is 2. The lowest BCUT2D eigenvalue weighted by Gasteiger charge is -2.20. The summed E-state index contributed by atoms with van der Waals surface area (Å²) in [7, 11) is 3.42. The molecule has 2 atom stereocenters. The van der Waals surface area contributed by atoms with Gasteiger partial charge in [-0.2, -0.15) is 0 Å². The van der Waals surface area contributed by atoms with Crippen molar-refractivity contribution in [1.82, 2.24) is 5.32 Å². The molecule has 0 saturated heterocycles. The van der Waals surface area contributed by atoms with Crippen molar-refractivity contribution >= 4 is 10.8 Å². The average molecular weight is 273 g/mol. The Morgan fingerprint density at radius 1 is 1.00 bits per heavy atom. The van der Waals surface area contributed by atoms with Crippen molar-refractivity contribution in [3.63, 3.8) is 0 Å². The Hall–Kier alpha value is -1.58. The lowest BCUT2D eigenvalue weighted by molar-refractivity contribution is 0.168. The number of fused-ring (bicyclic) bond motifs is 1. The predicted octanol–water partition coefficient (Wildman–Crippen LogP) is 3.53. The van der Waals surface area contributed by atoms with Gasteiger partial charge in [0.25, 0.3) is 0 Å². The third-order valence-electron chi connectivity index (χ3n) is 3.52. The van der Waals surface area contributed by atoms with Gasteiger partial charge in [-0.05, 0) is 48.4 Å². The van der Waals surface area contributed by atoms with Gasteiger partial charge >= 0.3 is 0 Å². The second kappa shape index (κ2) is 6.73. The highest BCUT2D eigenvalue weighted by Gasteiger charge is 2.10. The normalized spacial score (nSPS) is 14.2. The van der Waals surface area contributed by atoms with E-state index in [0.717, 1.165) is 12.4 Å². The number of benzene rings is 2. The van der Waals surface area contributed by atoms with E-state index in [1.807, 2.05) is 6.07 Å². The SMILES string of the molecule is COCC(C)NC(C)c1ccc2cc(OC)ccc2c1. The van der Waals surface area contributed by atoms with E-state index in [-0.39, 0.29) is 0 Å². The Kier molecular flexibility index (Phi) is 4.99. The minimum Gasteiger partial charge on any atom is -0.497 e. The summed E-state index contributed by atoms with van der Waals surface area (Å²) < 4.78 is 10.4. The highest BCUT2D eigenvalue weighted by molar-refractivity contribution is 5.84. The van der Waals surface area contributed by atoms with Crippen LogP contribution in [0.3, 0.4) is 0 Å². The van der Waals surface area contributed by atoms with Gasteiger partial charge in [-0.1, -0.05) is 18.2 Å². The molecule has 0 bridgehead atoms. The molecule has 2 aromatic carbocycles. The van der Waals surface area contributed by atoms with Crippen LogP contribution in [0.4, 0.5) is 0 Å². The molecule has 0 spiro atoms. The second-order valence-electron chi connectivity index (χ2n) is 5.22. The van der Waals surface area contributed by atoms with Crippen LogP contribution < -0.4 is 10.1 Å². The fraction of sp³-hybridized carbons (Fsp3) is 0.412. The molecule has 0 amide bonds. The van der Waals surface area contributed by atoms with E-state index in [1.165, 1.54) is 16.3 Å². The number of rotatable bonds is 6. The molecule has 2 aromatic rings. The van der Waals surface area contributed by atoms with Crippen molar-refractivity contribution in [2.45, 2.75) is 25.9 Å². The number of ether oxygens (including phenoxy) is 2. The van der Waals surface area contributed by atoms with Gasteiger partial charge in [0.05, 0.1) is 13.7 Å². The summed E-state index contributed by atoms with van der Waals surface area (Å²) in [6, 6.07) is 13.3. The van der Waals surface area contributed by atoms with Crippen LogP contribution in [0, 0.1) is 0 Å².